The molecule has 16 heavy (non-hydrogen) atoms. The van der Waals surface area contributed by atoms with Crippen LogP contribution in [-0.2, 0) is 6.54 Å². The van der Waals surface area contributed by atoms with Gasteiger partial charge < -0.3 is 9.73 Å². The Bertz CT molecular complexity index is 502. The lowest BCUT2D eigenvalue weighted by Crippen LogP contribution is -2.15. The molecule has 1 N–H and O–H groups in total. The molecule has 1 aromatic carbocycles. The normalized spacial score (nSPS) is 15.8. The van der Waals surface area contributed by atoms with Crippen LogP contribution in [0.1, 0.15) is 18.6 Å². The highest BCUT2D eigenvalue weighted by Crippen LogP contribution is 2.29. The minimum absolute atomic E-state index is 0.831. The summed E-state index contributed by atoms with van der Waals surface area (Å²) >= 11 is 3.50. The van der Waals surface area contributed by atoms with E-state index in [1.54, 1.807) is 0 Å². The number of furan rings is 1. The molecule has 1 fully saturated rings. The summed E-state index contributed by atoms with van der Waals surface area (Å²) in [6.45, 7) is 1.95. The van der Waals surface area contributed by atoms with Crippen LogP contribution in [0.25, 0.3) is 11.0 Å². The Morgan fingerprint density at radius 3 is 3.00 bits per heavy atom. The lowest BCUT2D eigenvalue weighted by molar-refractivity contribution is 0.506. The molecule has 3 heteroatoms. The Labute approximate surface area is 103 Å². The van der Waals surface area contributed by atoms with Crippen LogP contribution in [0.15, 0.2) is 33.2 Å². The zero-order valence-electron chi connectivity index (χ0n) is 9.00. The van der Waals surface area contributed by atoms with Crippen LogP contribution in [0.2, 0.25) is 0 Å². The van der Waals surface area contributed by atoms with E-state index in [4.69, 9.17) is 4.42 Å². The van der Waals surface area contributed by atoms with Gasteiger partial charge in [-0.15, -0.1) is 0 Å². The Kier molecular flexibility index (Phi) is 2.74. The monoisotopic (exact) mass is 279 g/mol. The fourth-order valence-electron chi connectivity index (χ4n) is 1.89. The van der Waals surface area contributed by atoms with Crippen LogP contribution in [-0.4, -0.2) is 6.54 Å². The first-order valence-electron chi connectivity index (χ1n) is 5.70. The lowest BCUT2D eigenvalue weighted by Gasteiger charge is -1.99. The van der Waals surface area contributed by atoms with Crippen molar-refractivity contribution in [1.82, 2.24) is 5.32 Å². The van der Waals surface area contributed by atoms with Crippen molar-refractivity contribution in [2.75, 3.05) is 6.54 Å². The van der Waals surface area contributed by atoms with E-state index in [9.17, 15) is 0 Å². The zero-order valence-corrected chi connectivity index (χ0v) is 10.6. The van der Waals surface area contributed by atoms with Gasteiger partial charge in [0.1, 0.15) is 11.3 Å². The summed E-state index contributed by atoms with van der Waals surface area (Å²) in [6, 6.07) is 8.23. The van der Waals surface area contributed by atoms with Gasteiger partial charge in [-0.25, -0.2) is 0 Å². The molecule has 0 spiro atoms. The molecule has 2 nitrogen and oxygen atoms in total. The second-order valence-electron chi connectivity index (χ2n) is 4.45. The molecular weight excluding hydrogens is 266 g/mol. The number of para-hydroxylation sites is 1. The average molecular weight is 280 g/mol. The molecule has 84 valence electrons. The van der Waals surface area contributed by atoms with Crippen molar-refractivity contribution in [2.45, 2.75) is 19.4 Å². The molecule has 1 heterocycles. The minimum atomic E-state index is 0.831. The van der Waals surface area contributed by atoms with E-state index in [1.807, 2.05) is 12.1 Å². The summed E-state index contributed by atoms with van der Waals surface area (Å²) in [5, 5.41) is 4.60. The van der Waals surface area contributed by atoms with Gasteiger partial charge in [-0.1, -0.05) is 12.1 Å². The summed E-state index contributed by atoms with van der Waals surface area (Å²) < 4.78 is 6.82. The summed E-state index contributed by atoms with van der Waals surface area (Å²) in [7, 11) is 0. The van der Waals surface area contributed by atoms with Crippen LogP contribution >= 0.6 is 15.9 Å². The van der Waals surface area contributed by atoms with Crippen molar-refractivity contribution in [3.05, 3.63) is 34.5 Å². The Morgan fingerprint density at radius 2 is 2.25 bits per heavy atom. The van der Waals surface area contributed by atoms with Gasteiger partial charge in [0.05, 0.1) is 11.0 Å². The van der Waals surface area contributed by atoms with Crippen LogP contribution < -0.4 is 5.32 Å². The number of benzene rings is 1. The van der Waals surface area contributed by atoms with Crippen LogP contribution in [0.5, 0.6) is 0 Å². The van der Waals surface area contributed by atoms with E-state index < -0.39 is 0 Å². The molecule has 0 saturated heterocycles. The highest BCUT2D eigenvalue weighted by molar-refractivity contribution is 9.10. The molecule has 1 aromatic heterocycles. The molecule has 0 radical (unpaired) electrons. The van der Waals surface area contributed by atoms with E-state index in [0.717, 1.165) is 40.2 Å². The van der Waals surface area contributed by atoms with E-state index in [1.165, 1.54) is 12.8 Å². The summed E-state index contributed by atoms with van der Waals surface area (Å²) in [5.74, 6) is 1.93. The number of hydrogen-bond acceptors (Lipinski definition) is 2. The standard InChI is InChI=1S/C13H14BrNO/c14-12-3-1-2-10-6-11(16-13(10)12)8-15-7-9-4-5-9/h1-3,6,9,15H,4-5,7-8H2. The Morgan fingerprint density at radius 1 is 1.38 bits per heavy atom. The van der Waals surface area contributed by atoms with Crippen LogP contribution in [0.3, 0.4) is 0 Å². The number of rotatable bonds is 4. The maximum atomic E-state index is 5.79. The smallest absolute Gasteiger partial charge is 0.148 e. The van der Waals surface area contributed by atoms with Crippen molar-refractivity contribution in [2.24, 2.45) is 5.92 Å². The third kappa shape index (κ3) is 2.15. The van der Waals surface area contributed by atoms with Crippen molar-refractivity contribution in [3.63, 3.8) is 0 Å². The molecular formula is C13H14BrNO. The van der Waals surface area contributed by atoms with Gasteiger partial charge in [0.25, 0.3) is 0 Å². The summed E-state index contributed by atoms with van der Waals surface area (Å²) in [6.07, 6.45) is 2.78. The number of hydrogen-bond donors (Lipinski definition) is 1. The summed E-state index contributed by atoms with van der Waals surface area (Å²) in [5.41, 5.74) is 0.950. The Balaban J connectivity index is 1.73. The maximum absolute atomic E-state index is 5.79. The highest BCUT2D eigenvalue weighted by Gasteiger charge is 2.20. The average Bonchev–Trinajstić information content (AvgIpc) is 2.98. The quantitative estimate of drug-likeness (QED) is 0.923. The fourth-order valence-corrected chi connectivity index (χ4v) is 2.35. The van der Waals surface area contributed by atoms with Crippen LogP contribution in [0.4, 0.5) is 0 Å². The number of nitrogens with one attached hydrogen (secondary N) is 1. The van der Waals surface area contributed by atoms with Crippen molar-refractivity contribution >= 4 is 26.9 Å². The predicted molar refractivity (Wildman–Crippen MR) is 68.3 cm³/mol. The topological polar surface area (TPSA) is 25.2 Å². The van der Waals surface area contributed by atoms with Crippen LogP contribution in [0, 0.1) is 5.92 Å². The number of fused-ring (bicyclic) bond motifs is 1. The fraction of sp³-hybridized carbons (Fsp3) is 0.385. The van der Waals surface area contributed by atoms with Gasteiger partial charge in [0, 0.05) is 5.39 Å². The van der Waals surface area contributed by atoms with Crippen molar-refractivity contribution in [3.8, 4) is 0 Å². The molecule has 1 aliphatic carbocycles. The summed E-state index contributed by atoms with van der Waals surface area (Å²) in [4.78, 5) is 0. The molecule has 1 aliphatic rings. The molecule has 0 unspecified atom stereocenters. The third-order valence-corrected chi connectivity index (χ3v) is 3.60. The molecule has 3 rings (SSSR count). The third-order valence-electron chi connectivity index (χ3n) is 2.98. The van der Waals surface area contributed by atoms with E-state index in [0.29, 0.717) is 0 Å². The largest absolute Gasteiger partial charge is 0.459 e. The van der Waals surface area contributed by atoms with Crippen molar-refractivity contribution in [1.29, 1.82) is 0 Å². The van der Waals surface area contributed by atoms with Gasteiger partial charge in [-0.3, -0.25) is 0 Å². The van der Waals surface area contributed by atoms with Gasteiger partial charge in [-0.05, 0) is 53.4 Å². The maximum Gasteiger partial charge on any atom is 0.148 e. The zero-order chi connectivity index (χ0) is 11.0. The predicted octanol–water partition coefficient (Wildman–Crippen LogP) is 3.69. The molecule has 0 bridgehead atoms. The SMILES string of the molecule is Brc1cccc2cc(CNCC3CC3)oc12. The second kappa shape index (κ2) is 4.22. The molecule has 2 aromatic rings. The van der Waals surface area contributed by atoms with Crippen molar-refractivity contribution < 1.29 is 4.42 Å². The Hall–Kier alpha value is -0.800. The van der Waals surface area contributed by atoms with Gasteiger partial charge in [-0.2, -0.15) is 0 Å². The van der Waals surface area contributed by atoms with Gasteiger partial charge in [0.15, 0.2) is 0 Å². The van der Waals surface area contributed by atoms with Gasteiger partial charge >= 0.3 is 0 Å². The minimum Gasteiger partial charge on any atom is -0.459 e. The first-order chi connectivity index (χ1) is 7.83. The number of halogens is 1. The first-order valence-corrected chi connectivity index (χ1v) is 6.50. The van der Waals surface area contributed by atoms with Gasteiger partial charge in [0.2, 0.25) is 0 Å². The molecule has 0 amide bonds. The van der Waals surface area contributed by atoms with E-state index >= 15 is 0 Å². The highest BCUT2D eigenvalue weighted by atomic mass is 79.9. The van der Waals surface area contributed by atoms with E-state index in [2.05, 4.69) is 33.4 Å². The molecule has 1 saturated carbocycles. The van der Waals surface area contributed by atoms with E-state index in [-0.39, 0.29) is 0 Å². The first kappa shape index (κ1) is 10.4. The molecule has 0 aliphatic heterocycles. The lowest BCUT2D eigenvalue weighted by atomic mass is 10.2. The second-order valence-corrected chi connectivity index (χ2v) is 5.30. The molecule has 0 atom stereocenters.